The van der Waals surface area contributed by atoms with Crippen LogP contribution in [0.4, 0.5) is 18.9 Å². The Labute approximate surface area is 143 Å². The Morgan fingerprint density at radius 1 is 1.22 bits per heavy atom. The lowest BCUT2D eigenvalue weighted by Gasteiger charge is -2.09. The van der Waals surface area contributed by atoms with Gasteiger partial charge in [-0.2, -0.15) is 0 Å². The van der Waals surface area contributed by atoms with Crippen molar-refractivity contribution in [2.75, 3.05) is 5.32 Å². The molecule has 0 aliphatic rings. The second kappa shape index (κ2) is 7.25. The van der Waals surface area contributed by atoms with E-state index < -0.39 is 6.36 Å². The summed E-state index contributed by atoms with van der Waals surface area (Å²) in [6, 6.07) is 6.53. The second-order valence-corrected chi connectivity index (χ2v) is 6.44. The van der Waals surface area contributed by atoms with Crippen LogP contribution < -0.4 is 10.1 Å². The van der Waals surface area contributed by atoms with Crippen molar-refractivity contribution in [1.29, 1.82) is 0 Å². The largest absolute Gasteiger partial charge is 0.573 e. The number of hydrogen-bond acceptors (Lipinski definition) is 4. The molecule has 0 atom stereocenters. The fraction of sp³-hybridized carbons (Fsp3) is 0.0714. The van der Waals surface area contributed by atoms with Crippen LogP contribution >= 0.6 is 34.5 Å². The maximum absolute atomic E-state index is 12.0. The zero-order chi connectivity index (χ0) is 17.0. The van der Waals surface area contributed by atoms with Crippen molar-refractivity contribution >= 4 is 46.0 Å². The van der Waals surface area contributed by atoms with Crippen LogP contribution in [0.2, 0.25) is 8.67 Å². The molecule has 3 nitrogen and oxygen atoms in total. The maximum Gasteiger partial charge on any atom is 0.573 e. The lowest BCUT2D eigenvalue weighted by molar-refractivity contribution is -0.274. The van der Waals surface area contributed by atoms with Gasteiger partial charge >= 0.3 is 6.36 Å². The van der Waals surface area contributed by atoms with Crippen LogP contribution in [-0.4, -0.2) is 12.1 Å². The molecule has 0 unspecified atom stereocenters. The first kappa shape index (κ1) is 17.7. The molecule has 9 heteroatoms. The molecule has 0 saturated heterocycles. The molecule has 0 aliphatic carbocycles. The minimum absolute atomic E-state index is 0.286. The molecule has 0 saturated carbocycles. The highest BCUT2D eigenvalue weighted by atomic mass is 35.5. The molecule has 0 bridgehead atoms. The number of alkyl halides is 3. The van der Waals surface area contributed by atoms with Crippen LogP contribution in [-0.2, 0) is 0 Å². The molecular weight excluding hydrogens is 374 g/mol. The third-order valence-corrected chi connectivity index (χ3v) is 3.98. The Morgan fingerprint density at radius 2 is 1.87 bits per heavy atom. The van der Waals surface area contributed by atoms with Crippen LogP contribution in [0.1, 0.15) is 10.4 Å². The Morgan fingerprint density at radius 3 is 2.39 bits per heavy atom. The number of carbonyl (C=O) groups is 1. The van der Waals surface area contributed by atoms with Crippen LogP contribution in [0, 0.1) is 0 Å². The number of benzene rings is 1. The van der Waals surface area contributed by atoms with E-state index in [1.54, 1.807) is 0 Å². The lowest BCUT2D eigenvalue weighted by Crippen LogP contribution is -2.16. The summed E-state index contributed by atoms with van der Waals surface area (Å²) in [5, 5.41) is 2.75. The SMILES string of the molecule is O=C(C=CNc1ccc(OC(F)(F)F)cc1)c1cc(Cl)sc1Cl. The molecule has 0 spiro atoms. The van der Waals surface area contributed by atoms with Gasteiger partial charge in [-0.05, 0) is 30.3 Å². The Kier molecular flexibility index (Phi) is 5.56. The predicted octanol–water partition coefficient (Wildman–Crippen LogP) is 5.76. The molecule has 0 aliphatic heterocycles. The molecular formula is C14H8Cl2F3NO2S. The zero-order valence-electron chi connectivity index (χ0n) is 11.2. The molecule has 122 valence electrons. The Bertz CT molecular complexity index is 727. The van der Waals surface area contributed by atoms with Gasteiger partial charge in [0.1, 0.15) is 10.1 Å². The number of thiophene rings is 1. The van der Waals surface area contributed by atoms with Crippen molar-refractivity contribution in [2.45, 2.75) is 6.36 Å². The van der Waals surface area contributed by atoms with Crippen LogP contribution in [0.3, 0.4) is 0 Å². The minimum Gasteiger partial charge on any atom is -0.406 e. The minimum atomic E-state index is -4.73. The molecule has 2 aromatic rings. The van der Waals surface area contributed by atoms with E-state index >= 15 is 0 Å². The van der Waals surface area contributed by atoms with Crippen molar-refractivity contribution < 1.29 is 22.7 Å². The number of allylic oxidation sites excluding steroid dienone is 1. The highest BCUT2D eigenvalue weighted by Gasteiger charge is 2.30. The predicted molar refractivity (Wildman–Crippen MR) is 84.6 cm³/mol. The van der Waals surface area contributed by atoms with Crippen molar-refractivity contribution in [1.82, 2.24) is 0 Å². The Balaban J connectivity index is 1.95. The van der Waals surface area contributed by atoms with E-state index in [1.165, 1.54) is 30.5 Å². The molecule has 1 aromatic heterocycles. The van der Waals surface area contributed by atoms with E-state index in [1.807, 2.05) is 0 Å². The van der Waals surface area contributed by atoms with Crippen molar-refractivity contribution in [3.8, 4) is 5.75 Å². The summed E-state index contributed by atoms with van der Waals surface area (Å²) in [6.45, 7) is 0. The van der Waals surface area contributed by atoms with Gasteiger partial charge in [0.15, 0.2) is 5.78 Å². The summed E-state index contributed by atoms with van der Waals surface area (Å²) in [7, 11) is 0. The molecule has 1 heterocycles. The average Bonchev–Trinajstić information content (AvgIpc) is 2.78. The summed E-state index contributed by atoms with van der Waals surface area (Å²) >= 11 is 12.7. The fourth-order valence-corrected chi connectivity index (χ4v) is 3.04. The number of anilines is 1. The van der Waals surface area contributed by atoms with Crippen LogP contribution in [0.5, 0.6) is 5.75 Å². The third-order valence-electron chi connectivity index (χ3n) is 2.49. The van der Waals surface area contributed by atoms with Gasteiger partial charge in [-0.3, -0.25) is 4.79 Å². The number of nitrogens with one attached hydrogen (secondary N) is 1. The summed E-state index contributed by atoms with van der Waals surface area (Å²) in [5.74, 6) is -0.675. The molecule has 0 radical (unpaired) electrons. The van der Waals surface area contributed by atoms with Gasteiger partial charge in [0.2, 0.25) is 0 Å². The standard InChI is InChI=1S/C14H8Cl2F3NO2S/c15-12-7-10(13(16)23-12)11(21)5-6-20-8-1-3-9(4-2-8)22-14(17,18)19/h1-7,20H. The Hall–Kier alpha value is -1.70. The molecule has 0 amide bonds. The van der Waals surface area contributed by atoms with Gasteiger partial charge in [-0.25, -0.2) is 0 Å². The van der Waals surface area contributed by atoms with E-state index in [0.29, 0.717) is 14.4 Å². The molecule has 0 fully saturated rings. The number of halogens is 5. The first-order valence-corrected chi connectivity index (χ1v) is 7.60. The number of rotatable bonds is 5. The van der Waals surface area contributed by atoms with Crippen molar-refractivity contribution in [3.05, 3.63) is 56.8 Å². The molecule has 1 aromatic carbocycles. The normalized spacial score (nSPS) is 11.7. The fourth-order valence-electron chi connectivity index (χ4n) is 1.56. The number of hydrogen-bond donors (Lipinski definition) is 1. The topological polar surface area (TPSA) is 38.3 Å². The van der Waals surface area contributed by atoms with Gasteiger partial charge in [-0.1, -0.05) is 23.2 Å². The van der Waals surface area contributed by atoms with Crippen LogP contribution in [0.15, 0.2) is 42.6 Å². The average molecular weight is 382 g/mol. The third kappa shape index (κ3) is 5.46. The number of carbonyl (C=O) groups excluding carboxylic acids is 1. The first-order valence-electron chi connectivity index (χ1n) is 6.02. The first-order chi connectivity index (χ1) is 10.7. The van der Waals surface area contributed by atoms with E-state index in [-0.39, 0.29) is 17.1 Å². The monoisotopic (exact) mass is 381 g/mol. The van der Waals surface area contributed by atoms with Crippen molar-refractivity contribution in [3.63, 3.8) is 0 Å². The van der Waals surface area contributed by atoms with E-state index in [2.05, 4.69) is 10.1 Å². The maximum atomic E-state index is 12.0. The molecule has 2 rings (SSSR count). The van der Waals surface area contributed by atoms with Gasteiger partial charge in [0, 0.05) is 18.0 Å². The van der Waals surface area contributed by atoms with E-state index in [4.69, 9.17) is 23.2 Å². The lowest BCUT2D eigenvalue weighted by atomic mass is 10.2. The smallest absolute Gasteiger partial charge is 0.406 e. The summed E-state index contributed by atoms with van der Waals surface area (Å²) in [4.78, 5) is 11.9. The summed E-state index contributed by atoms with van der Waals surface area (Å²) < 4.78 is 40.5. The highest BCUT2D eigenvalue weighted by Crippen LogP contribution is 2.31. The molecule has 23 heavy (non-hydrogen) atoms. The van der Waals surface area contributed by atoms with Crippen LogP contribution in [0.25, 0.3) is 0 Å². The summed E-state index contributed by atoms with van der Waals surface area (Å²) in [6.07, 6.45) is -2.14. The summed E-state index contributed by atoms with van der Waals surface area (Å²) in [5.41, 5.74) is 0.770. The number of ether oxygens (including phenoxy) is 1. The van der Waals surface area contributed by atoms with E-state index in [9.17, 15) is 18.0 Å². The van der Waals surface area contributed by atoms with Gasteiger partial charge in [-0.15, -0.1) is 24.5 Å². The second-order valence-electron chi connectivity index (χ2n) is 4.15. The van der Waals surface area contributed by atoms with Gasteiger partial charge in [0.25, 0.3) is 0 Å². The number of ketones is 1. The molecule has 1 N–H and O–H groups in total. The quantitative estimate of drug-likeness (QED) is 0.528. The van der Waals surface area contributed by atoms with E-state index in [0.717, 1.165) is 23.5 Å². The van der Waals surface area contributed by atoms with Gasteiger partial charge < -0.3 is 10.1 Å². The van der Waals surface area contributed by atoms with Crippen molar-refractivity contribution in [2.24, 2.45) is 0 Å². The highest BCUT2D eigenvalue weighted by molar-refractivity contribution is 7.20. The van der Waals surface area contributed by atoms with Gasteiger partial charge in [0.05, 0.1) is 9.90 Å². The zero-order valence-corrected chi connectivity index (χ0v) is 13.5.